The Kier molecular flexibility index (Phi) is 10.6. The van der Waals surface area contributed by atoms with Gasteiger partial charge in [0.15, 0.2) is 5.78 Å². The van der Waals surface area contributed by atoms with Crippen LogP contribution < -0.4 is 23.8 Å². The summed E-state index contributed by atoms with van der Waals surface area (Å²) in [6.45, 7) is 8.36. The Labute approximate surface area is 476 Å². The molecule has 1 aliphatic heterocycles. The van der Waals surface area contributed by atoms with Crippen molar-refractivity contribution in [3.05, 3.63) is 246 Å². The number of rotatable bonds is 11. The smallest absolute Gasteiger partial charge is 0.266 e. The average Bonchev–Trinajstić information content (AvgIpc) is 3.52. The molecule has 83 heavy (non-hydrogen) atoms. The highest BCUT2D eigenvalue weighted by atomic mass is 16.5. The van der Waals surface area contributed by atoms with E-state index in [1.165, 1.54) is 4.90 Å². The summed E-state index contributed by atoms with van der Waals surface area (Å²) in [7, 11) is 0. The van der Waals surface area contributed by atoms with E-state index < -0.39 is 11.8 Å². The van der Waals surface area contributed by atoms with Crippen molar-refractivity contribution in [3.63, 3.8) is 0 Å². The fourth-order valence-electron chi connectivity index (χ4n) is 13.5. The van der Waals surface area contributed by atoms with E-state index in [1.807, 2.05) is 182 Å². The van der Waals surface area contributed by atoms with Gasteiger partial charge in [0.2, 0.25) is 0 Å². The number of nitrogens with zero attached hydrogens (tertiary/aromatic N) is 1. The van der Waals surface area contributed by atoms with E-state index in [2.05, 4.69) is 58.0 Å². The van der Waals surface area contributed by atoms with Gasteiger partial charge < -0.3 is 18.9 Å². The molecule has 0 unspecified atom stereocenters. The highest BCUT2D eigenvalue weighted by molar-refractivity contribution is 6.48. The first kappa shape index (κ1) is 48.3. The number of para-hydroxylation sites is 5. The Balaban J connectivity index is 1.10. The largest absolute Gasteiger partial charge is 0.457 e. The summed E-state index contributed by atoms with van der Waals surface area (Å²) in [4.78, 5) is 48.3. The summed E-state index contributed by atoms with van der Waals surface area (Å²) in [5.74, 6) is 3.43. The molecular formula is C75H49NO7. The van der Waals surface area contributed by atoms with Gasteiger partial charge in [0.1, 0.15) is 46.0 Å². The molecule has 0 saturated carbocycles. The second-order valence-electron chi connectivity index (χ2n) is 22.3. The van der Waals surface area contributed by atoms with Crippen molar-refractivity contribution in [1.82, 2.24) is 0 Å². The molecule has 14 aromatic carbocycles. The summed E-state index contributed by atoms with van der Waals surface area (Å²) in [5, 5.41) is 11.1. The van der Waals surface area contributed by atoms with E-state index in [0.29, 0.717) is 95.5 Å². The van der Waals surface area contributed by atoms with Gasteiger partial charge in [-0.3, -0.25) is 14.4 Å². The van der Waals surface area contributed by atoms with Crippen LogP contribution in [0.15, 0.2) is 212 Å². The molecule has 2 amide bonds. The zero-order valence-corrected chi connectivity index (χ0v) is 45.7. The minimum Gasteiger partial charge on any atom is -0.457 e. The first-order chi connectivity index (χ1) is 40.6. The van der Waals surface area contributed by atoms with Crippen molar-refractivity contribution < 1.29 is 33.3 Å². The van der Waals surface area contributed by atoms with E-state index in [0.717, 1.165) is 76.1 Å². The van der Waals surface area contributed by atoms with Crippen LogP contribution in [0.4, 0.5) is 5.69 Å². The van der Waals surface area contributed by atoms with Gasteiger partial charge >= 0.3 is 0 Å². The minimum absolute atomic E-state index is 0.00497. The van der Waals surface area contributed by atoms with Gasteiger partial charge in [-0.1, -0.05) is 167 Å². The maximum Gasteiger partial charge on any atom is 0.266 e. The van der Waals surface area contributed by atoms with E-state index in [9.17, 15) is 0 Å². The Morgan fingerprint density at radius 2 is 0.614 bits per heavy atom. The Bertz CT molecular complexity index is 4880. The van der Waals surface area contributed by atoms with Crippen molar-refractivity contribution in [2.75, 3.05) is 4.90 Å². The van der Waals surface area contributed by atoms with Gasteiger partial charge in [-0.05, 0) is 139 Å². The van der Waals surface area contributed by atoms with E-state index in [-0.39, 0.29) is 17.6 Å². The molecule has 0 spiro atoms. The number of ether oxygens (including phenoxy) is 4. The number of amides is 2. The van der Waals surface area contributed by atoms with Crippen LogP contribution in [-0.2, 0) is 0 Å². The number of ketones is 1. The zero-order valence-electron chi connectivity index (χ0n) is 45.7. The molecule has 0 atom stereocenters. The first-order valence-corrected chi connectivity index (χ1v) is 28.1. The highest BCUT2D eigenvalue weighted by Crippen LogP contribution is 2.59. The predicted molar refractivity (Wildman–Crippen MR) is 332 cm³/mol. The maximum atomic E-state index is 15.9. The molecule has 2 aliphatic rings. The quantitative estimate of drug-likeness (QED) is 0.0724. The molecule has 16 rings (SSSR count). The van der Waals surface area contributed by atoms with Gasteiger partial charge in [0, 0.05) is 54.2 Å². The molecule has 8 heteroatoms. The zero-order chi connectivity index (χ0) is 55.9. The topological polar surface area (TPSA) is 91.4 Å². The van der Waals surface area contributed by atoms with Crippen molar-refractivity contribution in [1.29, 1.82) is 0 Å². The molecule has 14 aromatic rings. The highest BCUT2D eigenvalue weighted by Gasteiger charge is 2.41. The molecule has 0 N–H and O–H groups in total. The lowest BCUT2D eigenvalue weighted by Gasteiger charge is -2.33. The van der Waals surface area contributed by atoms with Gasteiger partial charge in [-0.15, -0.1) is 0 Å². The summed E-state index contributed by atoms with van der Waals surface area (Å²) in [6, 6.07) is 68.7. The summed E-state index contributed by atoms with van der Waals surface area (Å²) in [5.41, 5.74) is 5.94. The monoisotopic (exact) mass is 1080 g/mol. The molecule has 1 heterocycles. The Hall–Kier alpha value is -10.6. The number of benzene rings is 14. The van der Waals surface area contributed by atoms with Gasteiger partial charge in [-0.25, -0.2) is 4.90 Å². The number of anilines is 1. The number of carbonyl (C=O) groups excluding carboxylic acids is 3. The van der Waals surface area contributed by atoms with Crippen LogP contribution >= 0.6 is 0 Å². The van der Waals surface area contributed by atoms with Crippen LogP contribution in [0.1, 0.15) is 87.3 Å². The van der Waals surface area contributed by atoms with Crippen molar-refractivity contribution in [3.8, 4) is 57.1 Å². The summed E-state index contributed by atoms with van der Waals surface area (Å²) >= 11 is 0. The molecule has 1 aliphatic carbocycles. The number of imide groups is 1. The third-order valence-corrected chi connectivity index (χ3v) is 16.9. The second kappa shape index (κ2) is 18.2. The van der Waals surface area contributed by atoms with Gasteiger partial charge in [0.25, 0.3) is 11.8 Å². The van der Waals surface area contributed by atoms with E-state index in [4.69, 9.17) is 18.9 Å². The van der Waals surface area contributed by atoms with Crippen LogP contribution in [-0.4, -0.2) is 17.6 Å². The number of fused-ring (bicyclic) bond motifs is 6. The molecule has 0 radical (unpaired) electrons. The Morgan fingerprint density at radius 1 is 0.289 bits per heavy atom. The second-order valence-corrected chi connectivity index (χ2v) is 22.3. The van der Waals surface area contributed by atoms with Crippen molar-refractivity contribution in [2.45, 2.75) is 39.5 Å². The third-order valence-electron chi connectivity index (χ3n) is 16.9. The normalized spacial score (nSPS) is 13.1. The van der Waals surface area contributed by atoms with Crippen LogP contribution in [0, 0.1) is 0 Å². The van der Waals surface area contributed by atoms with Gasteiger partial charge in [-0.2, -0.15) is 0 Å². The van der Waals surface area contributed by atoms with E-state index in [1.54, 1.807) is 0 Å². The molecular weight excluding hydrogens is 1030 g/mol. The maximum absolute atomic E-state index is 15.9. The van der Waals surface area contributed by atoms with Gasteiger partial charge in [0.05, 0.1) is 16.8 Å². The van der Waals surface area contributed by atoms with Crippen molar-refractivity contribution >= 4 is 98.7 Å². The fraction of sp³-hybridized carbons (Fsp3) is 0.0800. The van der Waals surface area contributed by atoms with E-state index >= 15 is 14.4 Å². The molecule has 0 bridgehead atoms. The van der Waals surface area contributed by atoms with Crippen molar-refractivity contribution in [2.24, 2.45) is 0 Å². The number of carbonyl (C=O) groups is 3. The lowest BCUT2D eigenvalue weighted by Crippen LogP contribution is -2.42. The molecule has 396 valence electrons. The van der Waals surface area contributed by atoms with Crippen LogP contribution in [0.2, 0.25) is 0 Å². The average molecular weight is 1080 g/mol. The molecule has 0 fully saturated rings. The lowest BCUT2D eigenvalue weighted by atomic mass is 9.77. The molecule has 0 aromatic heterocycles. The third kappa shape index (κ3) is 7.09. The standard InChI is InChI=1S/C75H49NO7/c1-40(2)46-30-19-31-47(41(3)4)72(46)76-74(78)56-38-60(82-44-24-13-7-14-25-44)68-52-34-32-50-62-51(33-35-53(63(52)62)69-61(83-45-26-15-8-16-27-45)39-57(75(76)79)65(56)71(68)69)67-59(81-43-22-11-6-12-23-43)37-55-64-54(48-28-17-18-29-49(48)73(55)77)36-58(66(50)70(64)67)80-42-20-9-5-10-21-42/h5-41H,1-4H3. The molecule has 8 nitrogen and oxygen atoms in total. The number of hydrogen-bond acceptors (Lipinski definition) is 7. The summed E-state index contributed by atoms with van der Waals surface area (Å²) in [6.07, 6.45) is 0. The Morgan fingerprint density at radius 3 is 0.988 bits per heavy atom. The van der Waals surface area contributed by atoms with Crippen LogP contribution in [0.5, 0.6) is 46.0 Å². The molecule has 0 saturated heterocycles. The predicted octanol–water partition coefficient (Wildman–Crippen LogP) is 20.1. The lowest BCUT2D eigenvalue weighted by molar-refractivity contribution is 0.0891. The van der Waals surface area contributed by atoms with Crippen LogP contribution in [0.3, 0.4) is 0 Å². The minimum atomic E-state index is -0.435. The number of hydrogen-bond donors (Lipinski definition) is 0. The first-order valence-electron chi connectivity index (χ1n) is 28.1. The SMILES string of the molecule is CC(C)c1cccc(C(C)C)c1N1C(=O)c2cc(Oc3ccccc3)c3c4ccc5c6c(Oc7ccccc7)cc7c8c(cc(Oc9ccccc9)c(c9ccc(c%10c(Oc%11ccccc%11)cc(c2c3%10)C1=O)c4c59)c86)-c1ccccc1C7=O. The fourth-order valence-corrected chi connectivity index (χ4v) is 13.5. The summed E-state index contributed by atoms with van der Waals surface area (Å²) < 4.78 is 28.5. The van der Waals surface area contributed by atoms with Crippen LogP contribution in [0.25, 0.3) is 86.5 Å².